The second-order valence-electron chi connectivity index (χ2n) is 9.62. The molecule has 1 unspecified atom stereocenters. The summed E-state index contributed by atoms with van der Waals surface area (Å²) in [7, 11) is 2.01. The molecular weight excluding hydrogens is 448 g/mol. The number of hydrogen-bond donors (Lipinski definition) is 1. The first-order valence-corrected chi connectivity index (χ1v) is 11.9. The van der Waals surface area contributed by atoms with Gasteiger partial charge in [-0.3, -0.25) is 0 Å². The number of fused-ring (bicyclic) bond motifs is 1. The first-order valence-electron chi connectivity index (χ1n) is 11.9. The summed E-state index contributed by atoms with van der Waals surface area (Å²) >= 11 is 0. The normalized spacial score (nSPS) is 20.1. The van der Waals surface area contributed by atoms with Crippen molar-refractivity contribution < 1.29 is 13.6 Å². The van der Waals surface area contributed by atoms with Crippen LogP contribution in [0.25, 0.3) is 0 Å². The van der Waals surface area contributed by atoms with Crippen molar-refractivity contribution in [2.75, 3.05) is 26.7 Å². The zero-order valence-electron chi connectivity index (χ0n) is 20.0. The highest BCUT2D eigenvalue weighted by Crippen LogP contribution is 2.28. The quantitative estimate of drug-likeness (QED) is 0.621. The van der Waals surface area contributed by atoms with Crippen molar-refractivity contribution in [3.63, 3.8) is 0 Å². The number of benzene rings is 2. The van der Waals surface area contributed by atoms with Crippen molar-refractivity contribution in [2.24, 2.45) is 0 Å². The number of aromatic nitrogens is 2. The number of aryl methyl sites for hydroxylation is 1. The lowest BCUT2D eigenvalue weighted by molar-refractivity contribution is 0.186. The molecule has 2 atom stereocenters. The Morgan fingerprint density at radius 2 is 1.97 bits per heavy atom. The fourth-order valence-corrected chi connectivity index (χ4v) is 5.10. The van der Waals surface area contributed by atoms with Gasteiger partial charge in [-0.05, 0) is 66.9 Å². The average Bonchev–Trinajstić information content (AvgIpc) is 3.20. The van der Waals surface area contributed by atoms with Gasteiger partial charge in [0.05, 0.1) is 18.3 Å². The number of rotatable bonds is 4. The van der Waals surface area contributed by atoms with Crippen molar-refractivity contribution in [1.29, 1.82) is 0 Å². The summed E-state index contributed by atoms with van der Waals surface area (Å²) in [6, 6.07) is 11.1. The number of nitrogens with zero attached hydrogens (tertiary/aromatic N) is 4. The van der Waals surface area contributed by atoms with Crippen LogP contribution >= 0.6 is 0 Å². The summed E-state index contributed by atoms with van der Waals surface area (Å²) in [5.74, 6) is 0.169. The number of urea groups is 1. The van der Waals surface area contributed by atoms with Crippen LogP contribution in [0, 0.1) is 18.6 Å². The van der Waals surface area contributed by atoms with E-state index in [0.29, 0.717) is 38.3 Å². The van der Waals surface area contributed by atoms with Crippen LogP contribution < -0.4 is 5.32 Å². The van der Waals surface area contributed by atoms with Crippen LogP contribution in [0.1, 0.15) is 39.7 Å². The Bertz CT molecular complexity index is 1250. The average molecular weight is 478 g/mol. The molecule has 0 aliphatic carbocycles. The van der Waals surface area contributed by atoms with E-state index in [4.69, 9.17) is 4.98 Å². The molecule has 182 valence electrons. The second kappa shape index (κ2) is 9.70. The highest BCUT2D eigenvalue weighted by Gasteiger charge is 2.35. The number of carbonyl (C=O) groups excluding carboxylic acids is 1. The third-order valence-corrected chi connectivity index (χ3v) is 7.02. The van der Waals surface area contributed by atoms with Gasteiger partial charge >= 0.3 is 6.03 Å². The van der Waals surface area contributed by atoms with E-state index in [1.165, 1.54) is 18.2 Å². The highest BCUT2D eigenvalue weighted by molar-refractivity contribution is 5.75. The zero-order chi connectivity index (χ0) is 24.5. The fraction of sp³-hybridized carbons (Fsp3) is 0.370. The molecule has 5 rings (SSSR count). The molecule has 3 heterocycles. The third-order valence-electron chi connectivity index (χ3n) is 7.02. The monoisotopic (exact) mass is 477 g/mol. The van der Waals surface area contributed by atoms with Gasteiger partial charge in [-0.2, -0.15) is 0 Å². The summed E-state index contributed by atoms with van der Waals surface area (Å²) in [5, 5.41) is 3.19. The number of nitrogens with one attached hydrogen (secondary N) is 1. The van der Waals surface area contributed by atoms with E-state index in [-0.39, 0.29) is 29.6 Å². The molecule has 1 saturated heterocycles. The summed E-state index contributed by atoms with van der Waals surface area (Å²) in [5.41, 5.74) is 4.64. The van der Waals surface area contributed by atoms with E-state index in [9.17, 15) is 13.6 Å². The van der Waals surface area contributed by atoms with Gasteiger partial charge in [0, 0.05) is 38.2 Å². The molecule has 6 nitrogen and oxygen atoms in total. The molecule has 2 aromatic carbocycles. The van der Waals surface area contributed by atoms with Crippen molar-refractivity contribution in [1.82, 2.24) is 25.1 Å². The molecule has 2 aliphatic rings. The third kappa shape index (κ3) is 5.17. The van der Waals surface area contributed by atoms with Crippen molar-refractivity contribution >= 4 is 6.03 Å². The van der Waals surface area contributed by atoms with Crippen LogP contribution in [-0.4, -0.2) is 58.5 Å². The Morgan fingerprint density at radius 3 is 2.77 bits per heavy atom. The largest absolute Gasteiger partial charge is 0.333 e. The van der Waals surface area contributed by atoms with Gasteiger partial charge in [0.2, 0.25) is 0 Å². The van der Waals surface area contributed by atoms with Crippen molar-refractivity contribution in [3.8, 4) is 0 Å². The van der Waals surface area contributed by atoms with Crippen LogP contribution in [0.2, 0.25) is 0 Å². The van der Waals surface area contributed by atoms with Gasteiger partial charge in [-0.1, -0.05) is 18.2 Å². The molecule has 0 spiro atoms. The molecule has 2 aliphatic heterocycles. The minimum Gasteiger partial charge on any atom is -0.333 e. The van der Waals surface area contributed by atoms with Gasteiger partial charge in [0.25, 0.3) is 0 Å². The van der Waals surface area contributed by atoms with Crippen molar-refractivity contribution in [2.45, 2.75) is 38.3 Å². The lowest BCUT2D eigenvalue weighted by atomic mass is 9.94. The first-order chi connectivity index (χ1) is 16.9. The fourth-order valence-electron chi connectivity index (χ4n) is 5.10. The molecule has 2 amide bonds. The molecule has 1 fully saturated rings. The Hall–Kier alpha value is -3.39. The summed E-state index contributed by atoms with van der Waals surface area (Å²) in [6.07, 6.45) is 3.05. The van der Waals surface area contributed by atoms with Gasteiger partial charge in [0.15, 0.2) is 0 Å². The molecule has 0 bridgehead atoms. The molecule has 1 N–H and O–H groups in total. The number of hydrogen-bond acceptors (Lipinski definition) is 4. The van der Waals surface area contributed by atoms with Crippen LogP contribution in [0.3, 0.4) is 0 Å². The minimum atomic E-state index is -0.263. The molecule has 3 aromatic rings. The number of carbonyl (C=O) groups is 1. The van der Waals surface area contributed by atoms with Crippen LogP contribution in [-0.2, 0) is 19.4 Å². The van der Waals surface area contributed by atoms with Crippen LogP contribution in [0.4, 0.5) is 13.6 Å². The van der Waals surface area contributed by atoms with E-state index in [2.05, 4.69) is 15.2 Å². The Kier molecular flexibility index (Phi) is 6.47. The van der Waals surface area contributed by atoms with E-state index in [0.717, 1.165) is 34.5 Å². The van der Waals surface area contributed by atoms with E-state index in [1.807, 2.05) is 26.2 Å². The number of amides is 2. The predicted molar refractivity (Wildman–Crippen MR) is 129 cm³/mol. The van der Waals surface area contributed by atoms with E-state index < -0.39 is 0 Å². The molecule has 0 radical (unpaired) electrons. The highest BCUT2D eigenvalue weighted by atomic mass is 19.1. The summed E-state index contributed by atoms with van der Waals surface area (Å²) in [6.45, 7) is 4.34. The Labute approximate surface area is 204 Å². The molecule has 8 heteroatoms. The maximum atomic E-state index is 13.8. The Morgan fingerprint density at radius 1 is 1.14 bits per heavy atom. The molecule has 0 saturated carbocycles. The van der Waals surface area contributed by atoms with Gasteiger partial charge in [0.1, 0.15) is 17.5 Å². The van der Waals surface area contributed by atoms with Gasteiger partial charge in [-0.25, -0.2) is 23.5 Å². The number of likely N-dealkylation sites (N-methyl/N-ethyl adjacent to an activating group) is 1. The van der Waals surface area contributed by atoms with Gasteiger partial charge in [-0.15, -0.1) is 0 Å². The van der Waals surface area contributed by atoms with E-state index >= 15 is 0 Å². The molecular formula is C27H29F2N5O. The standard InChI is InChI=1S/C27H29F2N5O/c1-17-10-22(29)7-6-18(17)12-26-30-13-20-8-9-34(16-24(20)31-26)27(35)32-25-15-33(2)14-23(25)19-4-3-5-21(28)11-19/h3-7,10-11,13,23,25H,8-9,12,14-16H2,1-2H3,(H,32,35)/t23-,25?/m0/s1. The second-order valence-corrected chi connectivity index (χ2v) is 9.62. The number of halogens is 2. The smallest absolute Gasteiger partial charge is 0.318 e. The SMILES string of the molecule is Cc1cc(F)ccc1Cc1ncc2c(n1)CN(C(=O)NC1CN(C)C[C@H]1c1cccc(F)c1)CC2. The maximum Gasteiger partial charge on any atom is 0.318 e. The lowest BCUT2D eigenvalue weighted by Gasteiger charge is -2.30. The predicted octanol–water partition coefficient (Wildman–Crippen LogP) is 3.82. The van der Waals surface area contributed by atoms with Crippen molar-refractivity contribution in [3.05, 3.63) is 94.1 Å². The molecule has 35 heavy (non-hydrogen) atoms. The Balaban J connectivity index is 1.27. The van der Waals surface area contributed by atoms with Crippen LogP contribution in [0.15, 0.2) is 48.7 Å². The lowest BCUT2D eigenvalue weighted by Crippen LogP contribution is -2.49. The summed E-state index contributed by atoms with van der Waals surface area (Å²) < 4.78 is 27.3. The molecule has 1 aromatic heterocycles. The zero-order valence-corrected chi connectivity index (χ0v) is 20.0. The van der Waals surface area contributed by atoms with Crippen LogP contribution in [0.5, 0.6) is 0 Å². The maximum absolute atomic E-state index is 13.8. The van der Waals surface area contributed by atoms with E-state index in [1.54, 1.807) is 23.1 Å². The topological polar surface area (TPSA) is 61.4 Å². The summed E-state index contributed by atoms with van der Waals surface area (Å²) in [4.78, 5) is 26.4. The number of likely N-dealkylation sites (tertiary alicyclic amines) is 1. The minimum absolute atomic E-state index is 0.0320. The first kappa shape index (κ1) is 23.4. The van der Waals surface area contributed by atoms with Gasteiger partial charge < -0.3 is 15.1 Å².